The van der Waals surface area contributed by atoms with E-state index in [1.54, 1.807) is 0 Å². The Hall–Kier alpha value is -1.74. The summed E-state index contributed by atoms with van der Waals surface area (Å²) in [5, 5.41) is 0. The van der Waals surface area contributed by atoms with E-state index in [2.05, 4.69) is 54.9 Å². The number of benzene rings is 1. The molecule has 0 bridgehead atoms. The van der Waals surface area contributed by atoms with Crippen LogP contribution in [0, 0.1) is 6.92 Å². The molecule has 0 unspecified atom stereocenters. The van der Waals surface area contributed by atoms with Crippen LogP contribution in [0.3, 0.4) is 0 Å². The number of carbonyl (C=O) groups is 1. The molecule has 0 saturated carbocycles. The average Bonchev–Trinajstić information content (AvgIpc) is 3.00. The molecule has 3 nitrogen and oxygen atoms in total. The van der Waals surface area contributed by atoms with Crippen molar-refractivity contribution in [2.24, 2.45) is 0 Å². The Morgan fingerprint density at radius 2 is 2.04 bits per heavy atom. The van der Waals surface area contributed by atoms with E-state index in [0.29, 0.717) is 6.54 Å². The van der Waals surface area contributed by atoms with Gasteiger partial charge in [-0.1, -0.05) is 49.6 Å². The topological polar surface area (TPSA) is 25.2 Å². The Balaban J connectivity index is 2.07. The van der Waals surface area contributed by atoms with Crippen molar-refractivity contribution in [3.05, 3.63) is 59.4 Å². The van der Waals surface area contributed by atoms with Gasteiger partial charge in [0.25, 0.3) is 0 Å². The maximum absolute atomic E-state index is 12.1. The zero-order chi connectivity index (χ0) is 17.4. The number of alkyl halides is 1. The van der Waals surface area contributed by atoms with Crippen molar-refractivity contribution in [1.82, 2.24) is 9.47 Å². The molecule has 1 amide bonds. The molecule has 4 heteroatoms. The second-order valence-corrected chi connectivity index (χ2v) is 6.54. The van der Waals surface area contributed by atoms with Gasteiger partial charge in [-0.25, -0.2) is 0 Å². The zero-order valence-electron chi connectivity index (χ0n) is 14.7. The molecule has 2 aromatic rings. The second kappa shape index (κ2) is 9.53. The maximum atomic E-state index is 12.1. The third kappa shape index (κ3) is 5.41. The van der Waals surface area contributed by atoms with Crippen LogP contribution in [0.4, 0.5) is 0 Å². The smallest absolute Gasteiger partial charge is 0.237 e. The summed E-state index contributed by atoms with van der Waals surface area (Å²) < 4.78 is 2.21. The van der Waals surface area contributed by atoms with E-state index in [9.17, 15) is 4.79 Å². The minimum absolute atomic E-state index is 0.0103. The molecule has 2 rings (SSSR count). The van der Waals surface area contributed by atoms with Gasteiger partial charge in [0.2, 0.25) is 5.91 Å². The Morgan fingerprint density at radius 3 is 2.75 bits per heavy atom. The quantitative estimate of drug-likeness (QED) is 0.481. The van der Waals surface area contributed by atoms with Gasteiger partial charge in [-0.2, -0.15) is 0 Å². The largest absolute Gasteiger partial charge is 0.345 e. The molecule has 0 radical (unpaired) electrons. The number of hydrogen-bond donors (Lipinski definition) is 0. The summed E-state index contributed by atoms with van der Waals surface area (Å²) in [5.74, 6) is 0.0566. The van der Waals surface area contributed by atoms with Crippen molar-refractivity contribution < 1.29 is 4.79 Å². The summed E-state index contributed by atoms with van der Waals surface area (Å²) in [4.78, 5) is 14.0. The highest BCUT2D eigenvalue weighted by atomic mass is 35.5. The van der Waals surface area contributed by atoms with E-state index >= 15 is 0 Å². The van der Waals surface area contributed by atoms with E-state index in [-0.39, 0.29) is 11.8 Å². The lowest BCUT2D eigenvalue weighted by Crippen LogP contribution is -2.33. The van der Waals surface area contributed by atoms with Crippen molar-refractivity contribution in [2.45, 2.75) is 46.2 Å². The average molecular weight is 347 g/mol. The van der Waals surface area contributed by atoms with Crippen LogP contribution in [0.1, 0.15) is 43.0 Å². The number of amides is 1. The molecule has 0 aliphatic heterocycles. The fraction of sp³-hybridized carbons (Fsp3) is 0.450. The lowest BCUT2D eigenvalue weighted by molar-refractivity contribution is -0.129. The molecular formula is C20H27ClN2O. The number of nitrogens with zero attached hydrogens (tertiary/aromatic N) is 2. The second-order valence-electron chi connectivity index (χ2n) is 6.27. The highest BCUT2D eigenvalue weighted by Crippen LogP contribution is 2.13. The van der Waals surface area contributed by atoms with E-state index in [4.69, 9.17) is 11.6 Å². The molecule has 0 atom stereocenters. The minimum Gasteiger partial charge on any atom is -0.345 e. The first-order chi connectivity index (χ1) is 11.6. The molecule has 1 heterocycles. The lowest BCUT2D eigenvalue weighted by Gasteiger charge is -2.23. The first-order valence-electron chi connectivity index (χ1n) is 8.67. The van der Waals surface area contributed by atoms with E-state index in [1.807, 2.05) is 11.0 Å². The summed E-state index contributed by atoms with van der Waals surface area (Å²) in [7, 11) is 0. The number of hydrogen-bond acceptors (Lipinski definition) is 1. The fourth-order valence-electron chi connectivity index (χ4n) is 2.88. The highest BCUT2D eigenvalue weighted by molar-refractivity contribution is 6.27. The highest BCUT2D eigenvalue weighted by Gasteiger charge is 2.14. The van der Waals surface area contributed by atoms with Crippen molar-refractivity contribution in [3.8, 4) is 0 Å². The van der Waals surface area contributed by atoms with Gasteiger partial charge in [-0.15, -0.1) is 11.6 Å². The van der Waals surface area contributed by atoms with Crippen LogP contribution in [-0.4, -0.2) is 27.8 Å². The van der Waals surface area contributed by atoms with E-state index in [1.165, 1.54) is 11.1 Å². The Morgan fingerprint density at radius 1 is 1.21 bits per heavy atom. The summed E-state index contributed by atoms with van der Waals surface area (Å²) in [6, 6.07) is 12.7. The van der Waals surface area contributed by atoms with Gasteiger partial charge in [0.05, 0.1) is 6.54 Å². The van der Waals surface area contributed by atoms with Gasteiger partial charge >= 0.3 is 0 Å². The first-order valence-corrected chi connectivity index (χ1v) is 9.20. The number of unbranched alkanes of at least 4 members (excludes halogenated alkanes) is 2. The fourth-order valence-corrected chi connectivity index (χ4v) is 3.05. The van der Waals surface area contributed by atoms with Gasteiger partial charge in [0.15, 0.2) is 0 Å². The van der Waals surface area contributed by atoms with Crippen LogP contribution < -0.4 is 0 Å². The Labute approximate surface area is 150 Å². The van der Waals surface area contributed by atoms with E-state index in [0.717, 1.165) is 38.0 Å². The number of carbonyl (C=O) groups excluding carboxylic acids is 1. The molecular weight excluding hydrogens is 320 g/mol. The summed E-state index contributed by atoms with van der Waals surface area (Å²) in [5.41, 5.74) is 3.68. The monoisotopic (exact) mass is 346 g/mol. The summed E-state index contributed by atoms with van der Waals surface area (Å²) in [6.07, 6.45) is 5.38. The Kier molecular flexibility index (Phi) is 7.38. The summed E-state index contributed by atoms with van der Waals surface area (Å²) >= 11 is 5.79. The van der Waals surface area contributed by atoms with Crippen molar-refractivity contribution in [2.75, 3.05) is 12.4 Å². The van der Waals surface area contributed by atoms with Crippen LogP contribution in [-0.2, 0) is 17.9 Å². The Bertz CT molecular complexity index is 651. The van der Waals surface area contributed by atoms with Crippen molar-refractivity contribution in [1.29, 1.82) is 0 Å². The SMILES string of the molecule is CCCCCN(Cc1cccn1Cc1cccc(C)c1)C(=O)CCl. The van der Waals surface area contributed by atoms with Gasteiger partial charge in [-0.05, 0) is 31.0 Å². The maximum Gasteiger partial charge on any atom is 0.237 e. The standard InChI is InChI=1S/C20H27ClN2O/c1-3-4-5-11-23(20(24)14-21)16-19-10-7-12-22(19)15-18-9-6-8-17(2)13-18/h6-10,12-13H,3-5,11,14-16H2,1-2H3. The van der Waals surface area contributed by atoms with Crippen LogP contribution in [0.2, 0.25) is 0 Å². The minimum atomic E-state index is 0.0103. The van der Waals surface area contributed by atoms with Crippen molar-refractivity contribution >= 4 is 17.5 Å². The molecule has 130 valence electrons. The number of aryl methyl sites for hydroxylation is 1. The number of rotatable bonds is 9. The third-order valence-electron chi connectivity index (χ3n) is 4.21. The zero-order valence-corrected chi connectivity index (χ0v) is 15.4. The normalized spacial score (nSPS) is 10.8. The molecule has 1 aromatic carbocycles. The van der Waals surface area contributed by atoms with Crippen LogP contribution >= 0.6 is 11.6 Å². The van der Waals surface area contributed by atoms with Gasteiger partial charge in [0.1, 0.15) is 5.88 Å². The number of halogens is 1. The molecule has 0 fully saturated rings. The van der Waals surface area contributed by atoms with Crippen LogP contribution in [0.15, 0.2) is 42.6 Å². The number of aromatic nitrogens is 1. The van der Waals surface area contributed by atoms with Gasteiger partial charge < -0.3 is 9.47 Å². The molecule has 24 heavy (non-hydrogen) atoms. The van der Waals surface area contributed by atoms with E-state index < -0.39 is 0 Å². The summed E-state index contributed by atoms with van der Waals surface area (Å²) in [6.45, 7) is 6.49. The predicted octanol–water partition coefficient (Wildman–Crippen LogP) is 4.60. The molecule has 0 spiro atoms. The molecule has 0 N–H and O–H groups in total. The van der Waals surface area contributed by atoms with Gasteiger partial charge in [-0.3, -0.25) is 4.79 Å². The third-order valence-corrected chi connectivity index (χ3v) is 4.44. The molecule has 0 aliphatic carbocycles. The molecule has 0 aliphatic rings. The molecule has 0 saturated heterocycles. The molecule has 1 aromatic heterocycles. The van der Waals surface area contributed by atoms with Crippen molar-refractivity contribution in [3.63, 3.8) is 0 Å². The van der Waals surface area contributed by atoms with Crippen LogP contribution in [0.25, 0.3) is 0 Å². The predicted molar refractivity (Wildman–Crippen MR) is 100 cm³/mol. The van der Waals surface area contributed by atoms with Crippen LogP contribution in [0.5, 0.6) is 0 Å². The van der Waals surface area contributed by atoms with Gasteiger partial charge in [0, 0.05) is 25.0 Å². The lowest BCUT2D eigenvalue weighted by atomic mass is 10.1. The first kappa shape index (κ1) is 18.6.